The number of aromatic hydroxyl groups is 1. The second-order valence-electron chi connectivity index (χ2n) is 5.77. The number of halogens is 1. The summed E-state index contributed by atoms with van der Waals surface area (Å²) < 4.78 is 5.10. The average molecular weight is 362 g/mol. The highest BCUT2D eigenvalue weighted by atomic mass is 35.5. The standard InChI is InChI=1S/C19H20ClNO4/c1-12(14-6-4-3-5-7-14)11-21-18(23)13(2)25-19(24)16-9-8-15(20)10-17(16)22/h3-10,12-13,22H,11H2,1-2H3,(H,21,23). The molecular weight excluding hydrogens is 342 g/mol. The largest absolute Gasteiger partial charge is 0.507 e. The minimum Gasteiger partial charge on any atom is -0.507 e. The Morgan fingerprint density at radius 2 is 1.84 bits per heavy atom. The predicted molar refractivity (Wildman–Crippen MR) is 95.9 cm³/mol. The smallest absolute Gasteiger partial charge is 0.342 e. The highest BCUT2D eigenvalue weighted by Crippen LogP contribution is 2.23. The SMILES string of the molecule is CC(OC(=O)c1ccc(Cl)cc1O)C(=O)NCC(C)c1ccccc1. The number of nitrogens with one attached hydrogen (secondary N) is 1. The number of esters is 1. The van der Waals surface area contributed by atoms with Crippen LogP contribution in [-0.2, 0) is 9.53 Å². The zero-order valence-electron chi connectivity index (χ0n) is 14.0. The molecule has 0 aromatic heterocycles. The van der Waals surface area contributed by atoms with Gasteiger partial charge in [0.1, 0.15) is 11.3 Å². The average Bonchev–Trinajstić information content (AvgIpc) is 2.59. The summed E-state index contributed by atoms with van der Waals surface area (Å²) in [6.07, 6.45) is -0.981. The molecule has 0 aliphatic heterocycles. The number of phenolic OH excluding ortho intramolecular Hbond substituents is 1. The molecule has 1 amide bonds. The van der Waals surface area contributed by atoms with Gasteiger partial charge < -0.3 is 15.2 Å². The van der Waals surface area contributed by atoms with Gasteiger partial charge in [-0.2, -0.15) is 0 Å². The molecule has 0 aliphatic rings. The minimum atomic E-state index is -0.981. The molecule has 0 saturated carbocycles. The Kier molecular flexibility index (Phi) is 6.42. The van der Waals surface area contributed by atoms with Crippen molar-refractivity contribution < 1.29 is 19.4 Å². The molecule has 0 aliphatic carbocycles. The van der Waals surface area contributed by atoms with E-state index in [1.807, 2.05) is 37.3 Å². The van der Waals surface area contributed by atoms with Crippen LogP contribution >= 0.6 is 11.6 Å². The molecule has 25 heavy (non-hydrogen) atoms. The minimum absolute atomic E-state index is 0.0401. The van der Waals surface area contributed by atoms with Crippen molar-refractivity contribution in [1.29, 1.82) is 0 Å². The van der Waals surface area contributed by atoms with Crippen molar-refractivity contribution in [2.45, 2.75) is 25.9 Å². The van der Waals surface area contributed by atoms with Crippen LogP contribution < -0.4 is 5.32 Å². The molecule has 2 N–H and O–H groups in total. The van der Waals surface area contributed by atoms with Gasteiger partial charge in [0.2, 0.25) is 0 Å². The van der Waals surface area contributed by atoms with E-state index in [1.54, 1.807) is 0 Å². The number of benzene rings is 2. The lowest BCUT2D eigenvalue weighted by Gasteiger charge is -2.17. The van der Waals surface area contributed by atoms with Crippen LogP contribution in [0.5, 0.6) is 5.75 Å². The van der Waals surface area contributed by atoms with Gasteiger partial charge in [-0.25, -0.2) is 4.79 Å². The van der Waals surface area contributed by atoms with Gasteiger partial charge in [0.05, 0.1) is 0 Å². The number of rotatable bonds is 6. The zero-order chi connectivity index (χ0) is 18.4. The Morgan fingerprint density at radius 3 is 2.48 bits per heavy atom. The maximum absolute atomic E-state index is 12.1. The summed E-state index contributed by atoms with van der Waals surface area (Å²) in [7, 11) is 0. The molecule has 2 aromatic carbocycles. The molecule has 2 rings (SSSR count). The van der Waals surface area contributed by atoms with Crippen LogP contribution in [0.25, 0.3) is 0 Å². The molecule has 0 bridgehead atoms. The third-order valence-corrected chi connectivity index (χ3v) is 4.02. The Bertz CT molecular complexity index is 748. The number of carbonyl (C=O) groups excluding carboxylic acids is 2. The molecule has 5 nitrogen and oxygen atoms in total. The van der Waals surface area contributed by atoms with E-state index in [1.165, 1.54) is 25.1 Å². The van der Waals surface area contributed by atoms with E-state index in [0.717, 1.165) is 5.56 Å². The first kappa shape index (κ1) is 18.8. The maximum atomic E-state index is 12.1. The van der Waals surface area contributed by atoms with Gasteiger partial charge in [-0.3, -0.25) is 4.79 Å². The van der Waals surface area contributed by atoms with Gasteiger partial charge in [0.25, 0.3) is 5.91 Å². The summed E-state index contributed by atoms with van der Waals surface area (Å²) in [5.74, 6) is -1.34. The maximum Gasteiger partial charge on any atom is 0.342 e. The van der Waals surface area contributed by atoms with E-state index in [-0.39, 0.29) is 17.2 Å². The van der Waals surface area contributed by atoms with Crippen molar-refractivity contribution in [3.63, 3.8) is 0 Å². The summed E-state index contributed by atoms with van der Waals surface area (Å²) in [4.78, 5) is 24.2. The fraction of sp³-hybridized carbons (Fsp3) is 0.263. The van der Waals surface area contributed by atoms with Crippen LogP contribution in [-0.4, -0.2) is 29.6 Å². The van der Waals surface area contributed by atoms with Crippen LogP contribution in [0, 0.1) is 0 Å². The third-order valence-electron chi connectivity index (χ3n) is 3.78. The first-order valence-electron chi connectivity index (χ1n) is 7.90. The van der Waals surface area contributed by atoms with Crippen molar-refractivity contribution in [2.75, 3.05) is 6.54 Å². The number of phenols is 1. The lowest BCUT2D eigenvalue weighted by molar-refractivity contribution is -0.129. The second-order valence-corrected chi connectivity index (χ2v) is 6.20. The fourth-order valence-electron chi connectivity index (χ4n) is 2.25. The number of hydrogen-bond acceptors (Lipinski definition) is 4. The molecule has 132 valence electrons. The summed E-state index contributed by atoms with van der Waals surface area (Å²) in [5.41, 5.74) is 1.07. The Balaban J connectivity index is 1.88. The van der Waals surface area contributed by atoms with Gasteiger partial charge in [-0.05, 0) is 36.6 Å². The molecule has 6 heteroatoms. The van der Waals surface area contributed by atoms with Crippen LogP contribution in [0.3, 0.4) is 0 Å². The first-order chi connectivity index (χ1) is 11.9. The van der Waals surface area contributed by atoms with E-state index in [0.29, 0.717) is 11.6 Å². The van der Waals surface area contributed by atoms with E-state index in [4.69, 9.17) is 16.3 Å². The van der Waals surface area contributed by atoms with Crippen molar-refractivity contribution >= 4 is 23.5 Å². The monoisotopic (exact) mass is 361 g/mol. The van der Waals surface area contributed by atoms with Gasteiger partial charge in [0.15, 0.2) is 6.10 Å². The third kappa shape index (κ3) is 5.22. The molecule has 2 atom stereocenters. The Morgan fingerprint density at radius 1 is 1.16 bits per heavy atom. The lowest BCUT2D eigenvalue weighted by atomic mass is 10.0. The van der Waals surface area contributed by atoms with Crippen LogP contribution in [0.1, 0.15) is 35.7 Å². The number of ether oxygens (including phenoxy) is 1. The molecule has 2 aromatic rings. The quantitative estimate of drug-likeness (QED) is 0.772. The van der Waals surface area contributed by atoms with Crippen LogP contribution in [0.15, 0.2) is 48.5 Å². The van der Waals surface area contributed by atoms with Crippen molar-refractivity contribution in [1.82, 2.24) is 5.32 Å². The normalized spacial score (nSPS) is 12.9. The summed E-state index contributed by atoms with van der Waals surface area (Å²) in [6, 6.07) is 13.8. The predicted octanol–water partition coefficient (Wildman–Crippen LogP) is 3.51. The molecule has 0 heterocycles. The summed E-state index contributed by atoms with van der Waals surface area (Å²) in [6.45, 7) is 3.91. The molecule has 0 spiro atoms. The highest BCUT2D eigenvalue weighted by Gasteiger charge is 2.21. The zero-order valence-corrected chi connectivity index (χ0v) is 14.8. The number of amides is 1. The van der Waals surface area contributed by atoms with E-state index < -0.39 is 18.0 Å². The van der Waals surface area contributed by atoms with Gasteiger partial charge >= 0.3 is 5.97 Å². The molecule has 0 radical (unpaired) electrons. The molecule has 0 saturated heterocycles. The second kappa shape index (κ2) is 8.53. The van der Waals surface area contributed by atoms with Gasteiger partial charge in [-0.1, -0.05) is 48.9 Å². The molecule has 2 unspecified atom stereocenters. The van der Waals surface area contributed by atoms with E-state index in [2.05, 4.69) is 5.32 Å². The van der Waals surface area contributed by atoms with E-state index in [9.17, 15) is 14.7 Å². The topological polar surface area (TPSA) is 75.6 Å². The van der Waals surface area contributed by atoms with Crippen molar-refractivity contribution in [2.24, 2.45) is 0 Å². The fourth-order valence-corrected chi connectivity index (χ4v) is 2.42. The Labute approximate surface area is 151 Å². The van der Waals surface area contributed by atoms with Crippen molar-refractivity contribution in [3.8, 4) is 5.75 Å². The van der Waals surface area contributed by atoms with Crippen molar-refractivity contribution in [3.05, 3.63) is 64.7 Å². The first-order valence-corrected chi connectivity index (χ1v) is 8.28. The number of carbonyl (C=O) groups is 2. The number of hydrogen-bond donors (Lipinski definition) is 2. The van der Waals surface area contributed by atoms with Crippen LogP contribution in [0.4, 0.5) is 0 Å². The van der Waals surface area contributed by atoms with Crippen LogP contribution in [0.2, 0.25) is 5.02 Å². The van der Waals surface area contributed by atoms with Gasteiger partial charge in [0, 0.05) is 11.6 Å². The molecular formula is C19H20ClNO4. The summed E-state index contributed by atoms with van der Waals surface area (Å²) in [5, 5.41) is 12.8. The lowest BCUT2D eigenvalue weighted by Crippen LogP contribution is -2.37. The molecule has 0 fully saturated rings. The summed E-state index contributed by atoms with van der Waals surface area (Å²) >= 11 is 5.72. The van der Waals surface area contributed by atoms with E-state index >= 15 is 0 Å². The Hall–Kier alpha value is -2.53. The highest BCUT2D eigenvalue weighted by molar-refractivity contribution is 6.30. The van der Waals surface area contributed by atoms with Gasteiger partial charge in [-0.15, -0.1) is 0 Å².